The molecule has 0 saturated carbocycles. The second kappa shape index (κ2) is 4.15. The Kier molecular flexibility index (Phi) is 2.93. The molecule has 14 heavy (non-hydrogen) atoms. The number of aliphatic imine (C=N–C) groups is 1. The molecule has 0 amide bonds. The molecule has 72 valence electrons. The van der Waals surface area contributed by atoms with Crippen LogP contribution < -0.4 is 4.74 Å². The Hall–Kier alpha value is -2.20. The van der Waals surface area contributed by atoms with E-state index in [4.69, 9.17) is 4.74 Å². The van der Waals surface area contributed by atoms with E-state index in [-0.39, 0.29) is 17.1 Å². The average Bonchev–Trinajstić information content (AvgIpc) is 2.17. The molecule has 6 heteroatoms. The van der Waals surface area contributed by atoms with Gasteiger partial charge in [-0.3, -0.25) is 10.1 Å². The number of nitrogens with zero attached hydrogens (tertiary/aromatic N) is 2. The van der Waals surface area contributed by atoms with Crippen LogP contribution in [-0.2, 0) is 4.79 Å². The fourth-order valence-corrected chi connectivity index (χ4v) is 0.939. The van der Waals surface area contributed by atoms with Gasteiger partial charge in [0.15, 0.2) is 5.75 Å². The molecule has 0 heterocycles. The first kappa shape index (κ1) is 9.88. The predicted octanol–water partition coefficient (Wildman–Crippen LogP) is 1.57. The van der Waals surface area contributed by atoms with Gasteiger partial charge in [-0.2, -0.15) is 4.99 Å². The lowest BCUT2D eigenvalue weighted by Gasteiger charge is -2.00. The van der Waals surface area contributed by atoms with Crippen molar-refractivity contribution in [2.24, 2.45) is 4.99 Å². The number of benzene rings is 1. The Bertz CT molecular complexity index is 410. The molecular weight excluding hydrogens is 188 g/mol. The third-order valence-electron chi connectivity index (χ3n) is 1.53. The van der Waals surface area contributed by atoms with Crippen LogP contribution in [0.5, 0.6) is 5.75 Å². The zero-order valence-electron chi connectivity index (χ0n) is 7.26. The van der Waals surface area contributed by atoms with Gasteiger partial charge in [-0.1, -0.05) is 0 Å². The molecule has 0 bridgehead atoms. The van der Waals surface area contributed by atoms with Crippen LogP contribution in [0, 0.1) is 10.1 Å². The predicted molar refractivity (Wildman–Crippen MR) is 47.4 cm³/mol. The topological polar surface area (TPSA) is 81.8 Å². The van der Waals surface area contributed by atoms with Crippen LogP contribution in [0.1, 0.15) is 0 Å². The van der Waals surface area contributed by atoms with Crippen molar-refractivity contribution in [3.63, 3.8) is 0 Å². The number of hydrogen-bond acceptors (Lipinski definition) is 5. The smallest absolute Gasteiger partial charge is 0.311 e. The van der Waals surface area contributed by atoms with E-state index in [0.717, 1.165) is 0 Å². The van der Waals surface area contributed by atoms with Gasteiger partial charge in [0.25, 0.3) is 0 Å². The zero-order valence-corrected chi connectivity index (χ0v) is 7.26. The molecule has 6 nitrogen and oxygen atoms in total. The summed E-state index contributed by atoms with van der Waals surface area (Å²) in [6, 6.07) is 3.85. The highest BCUT2D eigenvalue weighted by Gasteiger charge is 2.14. The lowest BCUT2D eigenvalue weighted by Crippen LogP contribution is -1.92. The van der Waals surface area contributed by atoms with E-state index in [1.54, 1.807) is 0 Å². The van der Waals surface area contributed by atoms with E-state index in [0.29, 0.717) is 0 Å². The van der Waals surface area contributed by atoms with Gasteiger partial charge in [-0.15, -0.1) is 0 Å². The van der Waals surface area contributed by atoms with Gasteiger partial charge in [0.1, 0.15) is 0 Å². The molecule has 1 aromatic carbocycles. The average molecular weight is 194 g/mol. The normalized spacial score (nSPS) is 8.93. The van der Waals surface area contributed by atoms with Gasteiger partial charge >= 0.3 is 5.69 Å². The SMILES string of the molecule is COc1cc(N=C=O)ccc1[N+](=O)[O-]. The molecule has 0 radical (unpaired) electrons. The number of rotatable bonds is 3. The first-order valence-electron chi connectivity index (χ1n) is 3.59. The summed E-state index contributed by atoms with van der Waals surface area (Å²) in [6.07, 6.45) is 1.33. The van der Waals surface area contributed by atoms with Crippen LogP contribution in [-0.4, -0.2) is 18.1 Å². The highest BCUT2D eigenvalue weighted by atomic mass is 16.6. The van der Waals surface area contributed by atoms with Crippen molar-refractivity contribution in [3.05, 3.63) is 28.3 Å². The van der Waals surface area contributed by atoms with E-state index in [1.807, 2.05) is 0 Å². The van der Waals surface area contributed by atoms with Gasteiger partial charge in [0.05, 0.1) is 17.7 Å². The number of carbonyl (C=O) groups excluding carboxylic acids is 1. The molecule has 1 rings (SSSR count). The van der Waals surface area contributed by atoms with Gasteiger partial charge in [-0.05, 0) is 6.07 Å². The first-order chi connectivity index (χ1) is 6.69. The van der Waals surface area contributed by atoms with Crippen molar-refractivity contribution in [1.29, 1.82) is 0 Å². The van der Waals surface area contributed by atoms with Crippen LogP contribution in [0.15, 0.2) is 23.2 Å². The Morgan fingerprint density at radius 1 is 1.57 bits per heavy atom. The minimum Gasteiger partial charge on any atom is -0.490 e. The molecular formula is C8H6N2O4. The second-order valence-electron chi connectivity index (χ2n) is 2.32. The summed E-state index contributed by atoms with van der Waals surface area (Å²) in [5.41, 5.74) is 0.0970. The molecule has 0 aliphatic carbocycles. The summed E-state index contributed by atoms with van der Waals surface area (Å²) >= 11 is 0. The van der Waals surface area contributed by atoms with Gasteiger partial charge in [0.2, 0.25) is 6.08 Å². The Morgan fingerprint density at radius 3 is 2.79 bits per heavy atom. The quantitative estimate of drug-likeness (QED) is 0.316. The van der Waals surface area contributed by atoms with E-state index in [9.17, 15) is 14.9 Å². The Balaban J connectivity index is 3.24. The molecule has 0 fully saturated rings. The summed E-state index contributed by atoms with van der Waals surface area (Å²) in [6.45, 7) is 0. The molecule has 0 aromatic heterocycles. The van der Waals surface area contributed by atoms with E-state index in [2.05, 4.69) is 4.99 Å². The van der Waals surface area contributed by atoms with Crippen LogP contribution >= 0.6 is 0 Å². The summed E-state index contributed by atoms with van der Waals surface area (Å²) in [5, 5.41) is 10.5. The molecule has 1 aromatic rings. The maximum absolute atomic E-state index is 10.5. The summed E-state index contributed by atoms with van der Waals surface area (Å²) < 4.78 is 4.76. The minimum atomic E-state index is -0.576. The molecule has 0 aliphatic heterocycles. The van der Waals surface area contributed by atoms with E-state index < -0.39 is 4.92 Å². The number of methoxy groups -OCH3 is 1. The van der Waals surface area contributed by atoms with Crippen LogP contribution in [0.4, 0.5) is 11.4 Å². The lowest BCUT2D eigenvalue weighted by atomic mass is 10.2. The maximum atomic E-state index is 10.5. The summed E-state index contributed by atoms with van der Waals surface area (Å²) in [5.74, 6) is 0.0616. The van der Waals surface area contributed by atoms with Crippen molar-refractivity contribution in [1.82, 2.24) is 0 Å². The van der Waals surface area contributed by atoms with Crippen LogP contribution in [0.2, 0.25) is 0 Å². The number of ether oxygens (including phenoxy) is 1. The third-order valence-corrected chi connectivity index (χ3v) is 1.53. The third kappa shape index (κ3) is 1.94. The minimum absolute atomic E-state index is 0.0616. The zero-order chi connectivity index (χ0) is 10.6. The number of nitro benzene ring substituents is 1. The number of hydrogen-bond donors (Lipinski definition) is 0. The van der Waals surface area contributed by atoms with Gasteiger partial charge in [0, 0.05) is 12.1 Å². The fourth-order valence-electron chi connectivity index (χ4n) is 0.939. The monoisotopic (exact) mass is 194 g/mol. The second-order valence-corrected chi connectivity index (χ2v) is 2.32. The van der Waals surface area contributed by atoms with Crippen LogP contribution in [0.3, 0.4) is 0 Å². The molecule has 0 atom stereocenters. The fraction of sp³-hybridized carbons (Fsp3) is 0.125. The van der Waals surface area contributed by atoms with Crippen molar-refractivity contribution >= 4 is 17.5 Å². The van der Waals surface area contributed by atoms with Crippen molar-refractivity contribution in [2.45, 2.75) is 0 Å². The molecule has 0 spiro atoms. The van der Waals surface area contributed by atoms with E-state index >= 15 is 0 Å². The Morgan fingerprint density at radius 2 is 2.29 bits per heavy atom. The van der Waals surface area contributed by atoms with Crippen molar-refractivity contribution < 1.29 is 14.5 Å². The highest BCUT2D eigenvalue weighted by molar-refractivity contribution is 5.58. The molecule has 0 N–H and O–H groups in total. The summed E-state index contributed by atoms with van der Waals surface area (Å²) in [4.78, 5) is 23.1. The largest absolute Gasteiger partial charge is 0.490 e. The first-order valence-corrected chi connectivity index (χ1v) is 3.59. The number of isocyanates is 1. The standard InChI is InChI=1S/C8H6N2O4/c1-14-8-4-6(9-5-11)2-3-7(8)10(12)13/h2-4H,1H3. The van der Waals surface area contributed by atoms with Gasteiger partial charge in [-0.25, -0.2) is 4.79 Å². The number of nitro groups is 1. The summed E-state index contributed by atoms with van der Waals surface area (Å²) in [7, 11) is 1.30. The Labute approximate surface area is 79.0 Å². The molecule has 0 saturated heterocycles. The van der Waals surface area contributed by atoms with Crippen LogP contribution in [0.25, 0.3) is 0 Å². The maximum Gasteiger partial charge on any atom is 0.311 e. The van der Waals surface area contributed by atoms with E-state index in [1.165, 1.54) is 31.4 Å². The highest BCUT2D eigenvalue weighted by Crippen LogP contribution is 2.30. The lowest BCUT2D eigenvalue weighted by molar-refractivity contribution is -0.385. The van der Waals surface area contributed by atoms with Crippen molar-refractivity contribution in [3.8, 4) is 5.75 Å². The van der Waals surface area contributed by atoms with Crippen molar-refractivity contribution in [2.75, 3.05) is 7.11 Å². The molecule has 0 aliphatic rings. The molecule has 0 unspecified atom stereocenters. The van der Waals surface area contributed by atoms with Gasteiger partial charge < -0.3 is 4.74 Å².